The minimum absolute atomic E-state index is 0.260. The molecule has 2 rings (SSSR count). The van der Waals surface area contributed by atoms with Crippen LogP contribution < -0.4 is 20.5 Å². The fourth-order valence-electron chi connectivity index (χ4n) is 2.13. The van der Waals surface area contributed by atoms with Crippen LogP contribution in [0.2, 0.25) is 0 Å². The Hall–Kier alpha value is -1.46. The first kappa shape index (κ1) is 14.0. The lowest BCUT2D eigenvalue weighted by atomic mass is 10.1. The SMILES string of the molecule is COCC(CCCN)Nc1ccc2c(c1)OCCO2. The van der Waals surface area contributed by atoms with Crippen molar-refractivity contribution in [3.8, 4) is 11.5 Å². The number of ether oxygens (including phenoxy) is 3. The molecule has 19 heavy (non-hydrogen) atoms. The molecule has 1 aliphatic heterocycles. The van der Waals surface area contributed by atoms with E-state index in [-0.39, 0.29) is 6.04 Å². The van der Waals surface area contributed by atoms with Crippen LogP contribution in [0.1, 0.15) is 12.8 Å². The van der Waals surface area contributed by atoms with Gasteiger partial charge in [0.05, 0.1) is 6.61 Å². The summed E-state index contributed by atoms with van der Waals surface area (Å²) in [5.41, 5.74) is 6.57. The fourth-order valence-corrected chi connectivity index (χ4v) is 2.13. The topological polar surface area (TPSA) is 65.7 Å². The van der Waals surface area contributed by atoms with Gasteiger partial charge in [0.25, 0.3) is 0 Å². The Morgan fingerprint density at radius 1 is 1.32 bits per heavy atom. The maximum absolute atomic E-state index is 5.57. The van der Waals surface area contributed by atoms with Gasteiger partial charge in [0.15, 0.2) is 11.5 Å². The van der Waals surface area contributed by atoms with E-state index in [1.165, 1.54) is 0 Å². The number of nitrogens with one attached hydrogen (secondary N) is 1. The Kier molecular flexibility index (Phi) is 5.30. The molecule has 0 spiro atoms. The van der Waals surface area contributed by atoms with Gasteiger partial charge in [-0.1, -0.05) is 0 Å². The van der Waals surface area contributed by atoms with Gasteiger partial charge in [0, 0.05) is 24.9 Å². The molecule has 0 aliphatic carbocycles. The predicted molar refractivity (Wildman–Crippen MR) is 75.0 cm³/mol. The van der Waals surface area contributed by atoms with Gasteiger partial charge in [-0.05, 0) is 31.5 Å². The van der Waals surface area contributed by atoms with Crippen molar-refractivity contribution in [2.45, 2.75) is 18.9 Å². The van der Waals surface area contributed by atoms with Crippen molar-refractivity contribution in [1.29, 1.82) is 0 Å². The maximum atomic E-state index is 5.57. The predicted octanol–water partition coefficient (Wildman–Crippen LogP) is 1.62. The summed E-state index contributed by atoms with van der Waals surface area (Å²) in [6.45, 7) is 2.57. The molecule has 0 saturated carbocycles. The average molecular weight is 266 g/mol. The quantitative estimate of drug-likeness (QED) is 0.785. The number of rotatable bonds is 7. The first-order chi connectivity index (χ1) is 9.33. The number of fused-ring (bicyclic) bond motifs is 1. The standard InChI is InChI=1S/C14H22N2O3/c1-17-10-12(3-2-6-15)16-11-4-5-13-14(9-11)19-8-7-18-13/h4-5,9,12,16H,2-3,6-8,10,15H2,1H3. The van der Waals surface area contributed by atoms with Crippen molar-refractivity contribution in [2.75, 3.05) is 38.8 Å². The van der Waals surface area contributed by atoms with Crippen LogP contribution in [0.5, 0.6) is 11.5 Å². The number of nitrogens with two attached hydrogens (primary N) is 1. The summed E-state index contributed by atoms with van der Waals surface area (Å²) >= 11 is 0. The van der Waals surface area contributed by atoms with E-state index < -0.39 is 0 Å². The first-order valence-corrected chi connectivity index (χ1v) is 6.68. The Labute approximate surface area is 114 Å². The Bertz CT molecular complexity index is 398. The van der Waals surface area contributed by atoms with Crippen LogP contribution in [-0.4, -0.2) is 39.5 Å². The summed E-state index contributed by atoms with van der Waals surface area (Å²) in [6.07, 6.45) is 1.96. The van der Waals surface area contributed by atoms with Crippen LogP contribution in [0.25, 0.3) is 0 Å². The Balaban J connectivity index is 1.99. The molecule has 1 unspecified atom stereocenters. The highest BCUT2D eigenvalue weighted by Crippen LogP contribution is 2.32. The Morgan fingerprint density at radius 2 is 2.11 bits per heavy atom. The lowest BCUT2D eigenvalue weighted by Gasteiger charge is -2.22. The average Bonchev–Trinajstić information content (AvgIpc) is 2.45. The molecular weight excluding hydrogens is 244 g/mol. The van der Waals surface area contributed by atoms with Crippen molar-refractivity contribution < 1.29 is 14.2 Å². The fraction of sp³-hybridized carbons (Fsp3) is 0.571. The molecule has 1 aromatic rings. The largest absolute Gasteiger partial charge is 0.486 e. The summed E-state index contributed by atoms with van der Waals surface area (Å²) in [7, 11) is 1.71. The lowest BCUT2D eigenvalue weighted by molar-refractivity contribution is 0.171. The van der Waals surface area contributed by atoms with Crippen molar-refractivity contribution >= 4 is 5.69 Å². The monoisotopic (exact) mass is 266 g/mol. The van der Waals surface area contributed by atoms with Crippen LogP contribution in [0.15, 0.2) is 18.2 Å². The van der Waals surface area contributed by atoms with Crippen LogP contribution in [-0.2, 0) is 4.74 Å². The normalized spacial score (nSPS) is 15.1. The highest BCUT2D eigenvalue weighted by molar-refractivity contribution is 5.55. The third kappa shape index (κ3) is 4.01. The van der Waals surface area contributed by atoms with Crippen molar-refractivity contribution in [3.05, 3.63) is 18.2 Å². The third-order valence-corrected chi connectivity index (χ3v) is 3.04. The highest BCUT2D eigenvalue weighted by atomic mass is 16.6. The van der Waals surface area contributed by atoms with Crippen LogP contribution in [0, 0.1) is 0 Å². The summed E-state index contributed by atoms with van der Waals surface area (Å²) in [4.78, 5) is 0. The number of methoxy groups -OCH3 is 1. The molecule has 0 amide bonds. The molecule has 0 fully saturated rings. The highest BCUT2D eigenvalue weighted by Gasteiger charge is 2.13. The third-order valence-electron chi connectivity index (χ3n) is 3.04. The zero-order valence-corrected chi connectivity index (χ0v) is 11.4. The van der Waals surface area contributed by atoms with E-state index in [1.807, 2.05) is 18.2 Å². The van der Waals surface area contributed by atoms with E-state index in [1.54, 1.807) is 7.11 Å². The summed E-state index contributed by atoms with van der Waals surface area (Å²) in [5.74, 6) is 1.60. The number of hydrogen-bond acceptors (Lipinski definition) is 5. The van der Waals surface area contributed by atoms with Gasteiger partial charge in [-0.15, -0.1) is 0 Å². The van der Waals surface area contributed by atoms with E-state index in [2.05, 4.69) is 5.32 Å². The van der Waals surface area contributed by atoms with Gasteiger partial charge in [-0.2, -0.15) is 0 Å². The molecule has 1 aromatic carbocycles. The summed E-state index contributed by atoms with van der Waals surface area (Å²) in [5, 5.41) is 3.45. The van der Waals surface area contributed by atoms with Gasteiger partial charge in [0.2, 0.25) is 0 Å². The molecule has 3 N–H and O–H groups in total. The molecular formula is C14H22N2O3. The number of benzene rings is 1. The molecule has 1 heterocycles. The van der Waals surface area contributed by atoms with E-state index in [0.29, 0.717) is 26.4 Å². The second-order valence-electron chi connectivity index (χ2n) is 4.59. The summed E-state index contributed by atoms with van der Waals surface area (Å²) < 4.78 is 16.3. The number of anilines is 1. The second kappa shape index (κ2) is 7.21. The van der Waals surface area contributed by atoms with Gasteiger partial charge >= 0.3 is 0 Å². The molecule has 106 valence electrons. The molecule has 0 radical (unpaired) electrons. The minimum atomic E-state index is 0.260. The minimum Gasteiger partial charge on any atom is -0.486 e. The zero-order valence-electron chi connectivity index (χ0n) is 11.4. The zero-order chi connectivity index (χ0) is 13.5. The summed E-state index contributed by atoms with van der Waals surface area (Å²) in [6, 6.07) is 6.16. The van der Waals surface area contributed by atoms with Crippen LogP contribution in [0.4, 0.5) is 5.69 Å². The van der Waals surface area contributed by atoms with Crippen molar-refractivity contribution in [3.63, 3.8) is 0 Å². The lowest BCUT2D eigenvalue weighted by Crippen LogP contribution is -2.26. The molecule has 5 heteroatoms. The molecule has 1 atom stereocenters. The maximum Gasteiger partial charge on any atom is 0.163 e. The van der Waals surface area contributed by atoms with Crippen LogP contribution >= 0.6 is 0 Å². The van der Waals surface area contributed by atoms with Gasteiger partial charge in [-0.3, -0.25) is 0 Å². The molecule has 1 aliphatic rings. The molecule has 0 aromatic heterocycles. The first-order valence-electron chi connectivity index (χ1n) is 6.68. The Morgan fingerprint density at radius 3 is 2.84 bits per heavy atom. The molecule has 0 bridgehead atoms. The van der Waals surface area contributed by atoms with Crippen LogP contribution in [0.3, 0.4) is 0 Å². The number of hydrogen-bond donors (Lipinski definition) is 2. The van der Waals surface area contributed by atoms with Crippen molar-refractivity contribution in [2.24, 2.45) is 5.73 Å². The van der Waals surface area contributed by atoms with E-state index >= 15 is 0 Å². The van der Waals surface area contributed by atoms with Crippen molar-refractivity contribution in [1.82, 2.24) is 0 Å². The second-order valence-corrected chi connectivity index (χ2v) is 4.59. The molecule has 5 nitrogen and oxygen atoms in total. The van der Waals surface area contributed by atoms with Gasteiger partial charge in [-0.25, -0.2) is 0 Å². The van der Waals surface area contributed by atoms with Gasteiger partial charge < -0.3 is 25.3 Å². The van der Waals surface area contributed by atoms with E-state index in [4.69, 9.17) is 19.9 Å². The molecule has 0 saturated heterocycles. The van der Waals surface area contributed by atoms with E-state index in [9.17, 15) is 0 Å². The smallest absolute Gasteiger partial charge is 0.163 e. The van der Waals surface area contributed by atoms with E-state index in [0.717, 1.165) is 30.0 Å². The van der Waals surface area contributed by atoms with Gasteiger partial charge in [0.1, 0.15) is 13.2 Å².